The van der Waals surface area contributed by atoms with Gasteiger partial charge in [0.15, 0.2) is 0 Å². The van der Waals surface area contributed by atoms with Gasteiger partial charge < -0.3 is 0 Å². The Morgan fingerprint density at radius 2 is 1.35 bits per heavy atom. The van der Waals surface area contributed by atoms with Crippen LogP contribution >= 0.6 is 11.6 Å². The number of aryl methyl sites for hydroxylation is 1. The first-order valence-electron chi connectivity index (χ1n) is 10.8. The molecule has 0 spiro atoms. The second-order valence-electron chi connectivity index (χ2n) is 8.41. The Labute approximate surface area is 230 Å². The number of rotatable bonds is 7. The summed E-state index contributed by atoms with van der Waals surface area (Å²) >= 11 is 6.03. The Morgan fingerprint density at radius 1 is 0.775 bits per heavy atom. The van der Waals surface area contributed by atoms with Crippen LogP contribution in [0.4, 0.5) is 26.3 Å². The number of sulfonamides is 1. The quantitative estimate of drug-likeness (QED) is 0.322. The predicted octanol–water partition coefficient (Wildman–Crippen LogP) is 5.83. The fourth-order valence-electron chi connectivity index (χ4n) is 3.61. The maximum absolute atomic E-state index is 13.5. The van der Waals surface area contributed by atoms with E-state index in [1.54, 1.807) is 0 Å². The number of nitrogens with one attached hydrogen (secondary N) is 1. The molecule has 0 heterocycles. The lowest BCUT2D eigenvalue weighted by atomic mass is 10.1. The molecule has 3 aromatic rings. The maximum atomic E-state index is 13.5. The molecular weight excluding hydrogens is 632 g/mol. The van der Waals surface area contributed by atoms with Crippen molar-refractivity contribution in [1.82, 2.24) is 4.72 Å². The highest BCUT2D eigenvalue weighted by molar-refractivity contribution is 7.94. The average Bonchev–Trinajstić information content (AvgIpc) is 2.82. The number of alkyl halides is 6. The third-order valence-electron chi connectivity index (χ3n) is 5.61. The van der Waals surface area contributed by atoms with Crippen molar-refractivity contribution in [2.45, 2.75) is 51.2 Å². The van der Waals surface area contributed by atoms with Crippen LogP contribution in [0.1, 0.15) is 29.7 Å². The molecule has 0 aliphatic carbocycles. The number of hydrogen-bond acceptors (Lipinski definition) is 6. The molecule has 0 aliphatic heterocycles. The Hall–Kier alpha value is -2.66. The Balaban J connectivity index is 2.17. The van der Waals surface area contributed by atoms with Crippen molar-refractivity contribution in [1.29, 1.82) is 0 Å². The predicted molar refractivity (Wildman–Crippen MR) is 132 cm³/mol. The molecule has 0 unspecified atom stereocenters. The second-order valence-corrected chi connectivity index (χ2v) is 14.3. The van der Waals surface area contributed by atoms with Crippen molar-refractivity contribution in [3.63, 3.8) is 0 Å². The van der Waals surface area contributed by atoms with Crippen molar-refractivity contribution in [3.8, 4) is 0 Å². The third kappa shape index (κ3) is 6.15. The molecule has 0 saturated heterocycles. The monoisotopic (exact) mass is 649 g/mol. The van der Waals surface area contributed by atoms with Crippen LogP contribution in [0.25, 0.3) is 0 Å². The SMILES string of the molecule is Cc1cccc(Cl)c1S(=O)(=O)c1cc(C(F)(F)F)ccc1S(=O)(=O)c1ccc([C@H](C)NS(=O)(=O)C(F)(F)F)cc1. The van der Waals surface area contributed by atoms with E-state index in [1.165, 1.54) is 23.8 Å². The number of benzene rings is 3. The van der Waals surface area contributed by atoms with Gasteiger partial charge in [0.2, 0.25) is 19.7 Å². The Bertz CT molecular complexity index is 1750. The molecular formula is C23H18ClF6NO6S3. The van der Waals surface area contributed by atoms with Crippen LogP contribution < -0.4 is 4.72 Å². The van der Waals surface area contributed by atoms with Crippen molar-refractivity contribution in [2.75, 3.05) is 0 Å². The van der Waals surface area contributed by atoms with E-state index in [0.717, 1.165) is 37.3 Å². The van der Waals surface area contributed by atoms with Gasteiger partial charge in [0.1, 0.15) is 0 Å². The first-order chi connectivity index (χ1) is 18.1. The van der Waals surface area contributed by atoms with Crippen molar-refractivity contribution in [2.24, 2.45) is 0 Å². The number of hydrogen-bond donors (Lipinski definition) is 1. The molecule has 40 heavy (non-hydrogen) atoms. The normalized spacial score (nSPS) is 14.2. The lowest BCUT2D eigenvalue weighted by molar-refractivity contribution is -0.137. The molecule has 0 amide bonds. The Kier molecular flexibility index (Phi) is 8.47. The molecule has 0 fully saturated rings. The summed E-state index contributed by atoms with van der Waals surface area (Å²) in [5, 5.41) is -0.361. The summed E-state index contributed by atoms with van der Waals surface area (Å²) in [6.07, 6.45) is -5.04. The van der Waals surface area contributed by atoms with Crippen LogP contribution in [0.3, 0.4) is 0 Å². The summed E-state index contributed by atoms with van der Waals surface area (Å²) in [4.78, 5) is -3.45. The Morgan fingerprint density at radius 3 is 1.85 bits per heavy atom. The largest absolute Gasteiger partial charge is 0.511 e. The molecule has 218 valence electrons. The third-order valence-corrected chi connectivity index (χ3v) is 11.3. The molecule has 0 aliphatic rings. The summed E-state index contributed by atoms with van der Waals surface area (Å²) in [5.41, 5.74) is -7.11. The first kappa shape index (κ1) is 31.9. The van der Waals surface area contributed by atoms with Crippen molar-refractivity contribution >= 4 is 41.3 Å². The van der Waals surface area contributed by atoms with Gasteiger partial charge in [-0.25, -0.2) is 30.0 Å². The van der Waals surface area contributed by atoms with E-state index < -0.39 is 72.6 Å². The fraction of sp³-hybridized carbons (Fsp3) is 0.217. The molecule has 7 nitrogen and oxygen atoms in total. The van der Waals surface area contributed by atoms with Gasteiger partial charge in [-0.1, -0.05) is 35.9 Å². The standard InChI is InChI=1S/C23H18ClF6NO6S3/c1-13-4-3-5-18(24)21(13)39(34,35)20-12-16(22(25,26)27)8-11-19(20)38(32,33)17-9-6-15(7-10-17)14(2)31-40(36,37)23(28,29)30/h3-12,14,31H,1-2H3/t14-/m0/s1. The van der Waals surface area contributed by atoms with Gasteiger partial charge in [-0.05, 0) is 61.4 Å². The molecule has 3 aromatic carbocycles. The van der Waals surface area contributed by atoms with Gasteiger partial charge in [-0.3, -0.25) is 0 Å². The highest BCUT2D eigenvalue weighted by Crippen LogP contribution is 2.39. The van der Waals surface area contributed by atoms with Gasteiger partial charge in [-0.15, -0.1) is 0 Å². The summed E-state index contributed by atoms with van der Waals surface area (Å²) in [6.45, 7) is 2.37. The molecule has 0 saturated carbocycles. The van der Waals surface area contributed by atoms with Gasteiger partial charge in [-0.2, -0.15) is 26.3 Å². The van der Waals surface area contributed by atoms with Crippen LogP contribution in [0, 0.1) is 6.92 Å². The van der Waals surface area contributed by atoms with Crippen molar-refractivity contribution < 1.29 is 51.6 Å². The van der Waals surface area contributed by atoms with E-state index in [0.29, 0.717) is 12.1 Å². The summed E-state index contributed by atoms with van der Waals surface area (Å²) in [6, 6.07) is 7.05. The van der Waals surface area contributed by atoms with Gasteiger partial charge in [0, 0.05) is 6.04 Å². The van der Waals surface area contributed by atoms with E-state index in [1.807, 2.05) is 0 Å². The highest BCUT2D eigenvalue weighted by atomic mass is 35.5. The molecule has 1 N–H and O–H groups in total. The fourth-order valence-corrected chi connectivity index (χ4v) is 8.50. The summed E-state index contributed by atoms with van der Waals surface area (Å²) in [7, 11) is -15.5. The van der Waals surface area contributed by atoms with E-state index in [4.69, 9.17) is 11.6 Å². The minimum atomic E-state index is -5.74. The maximum Gasteiger partial charge on any atom is 0.511 e. The van der Waals surface area contributed by atoms with Crippen LogP contribution in [-0.2, 0) is 35.9 Å². The van der Waals surface area contributed by atoms with Crippen molar-refractivity contribution in [3.05, 3.63) is 82.4 Å². The average molecular weight is 650 g/mol. The lowest BCUT2D eigenvalue weighted by Crippen LogP contribution is -2.37. The molecule has 0 bridgehead atoms. The zero-order chi connectivity index (χ0) is 30.5. The molecule has 3 rings (SSSR count). The molecule has 17 heteroatoms. The zero-order valence-corrected chi connectivity index (χ0v) is 23.4. The summed E-state index contributed by atoms with van der Waals surface area (Å²) < 4.78 is 157. The molecule has 1 atom stereocenters. The number of halogens is 7. The van der Waals surface area contributed by atoms with Crippen LogP contribution in [0.15, 0.2) is 80.2 Å². The van der Waals surface area contributed by atoms with Crippen LogP contribution in [0.5, 0.6) is 0 Å². The zero-order valence-electron chi connectivity index (χ0n) is 20.2. The highest BCUT2D eigenvalue weighted by Gasteiger charge is 2.46. The van der Waals surface area contributed by atoms with E-state index >= 15 is 0 Å². The van der Waals surface area contributed by atoms with E-state index in [2.05, 4.69) is 0 Å². The molecule has 0 aromatic heterocycles. The van der Waals surface area contributed by atoms with Gasteiger partial charge in [0.25, 0.3) is 0 Å². The van der Waals surface area contributed by atoms with Gasteiger partial charge in [0.05, 0.1) is 30.2 Å². The van der Waals surface area contributed by atoms with Crippen LogP contribution in [0.2, 0.25) is 5.02 Å². The lowest BCUT2D eigenvalue weighted by Gasteiger charge is -2.18. The minimum absolute atomic E-state index is 0.0351. The van der Waals surface area contributed by atoms with E-state index in [9.17, 15) is 51.6 Å². The van der Waals surface area contributed by atoms with Gasteiger partial charge >= 0.3 is 21.7 Å². The molecule has 0 radical (unpaired) electrons. The van der Waals surface area contributed by atoms with E-state index in [-0.39, 0.29) is 22.2 Å². The number of sulfone groups is 2. The topological polar surface area (TPSA) is 114 Å². The summed E-state index contributed by atoms with van der Waals surface area (Å²) in [5.74, 6) is 0. The minimum Gasteiger partial charge on any atom is -0.218 e. The first-order valence-corrected chi connectivity index (χ1v) is 15.6. The second kappa shape index (κ2) is 10.6. The van der Waals surface area contributed by atoms with Crippen LogP contribution in [-0.4, -0.2) is 30.8 Å². The smallest absolute Gasteiger partial charge is 0.218 e.